The van der Waals surface area contributed by atoms with Gasteiger partial charge in [-0.3, -0.25) is 4.72 Å². The first kappa shape index (κ1) is 15.8. The number of anilines is 1. The number of hydrogen-bond donors (Lipinski definition) is 2. The van der Waals surface area contributed by atoms with Crippen LogP contribution in [-0.4, -0.2) is 19.9 Å². The predicted molar refractivity (Wildman–Crippen MR) is 83.9 cm³/mol. The lowest BCUT2D eigenvalue weighted by atomic mass is 10.2. The van der Waals surface area contributed by atoms with Gasteiger partial charge in [-0.25, -0.2) is 13.4 Å². The fourth-order valence-electron chi connectivity index (χ4n) is 1.70. The molecule has 2 aromatic rings. The third-order valence-corrected chi connectivity index (χ3v) is 4.46. The van der Waals surface area contributed by atoms with E-state index in [0.29, 0.717) is 6.54 Å². The van der Waals surface area contributed by atoms with Crippen LogP contribution in [0.1, 0.15) is 12.5 Å². The Balaban J connectivity index is 2.18. The van der Waals surface area contributed by atoms with E-state index in [-0.39, 0.29) is 15.7 Å². The van der Waals surface area contributed by atoms with Gasteiger partial charge >= 0.3 is 0 Å². The SMILES string of the molecule is CCNCc1ccc(S(=O)(=O)Nc2ncccc2Cl)cc1. The van der Waals surface area contributed by atoms with Crippen LogP contribution in [0.15, 0.2) is 47.5 Å². The molecule has 0 radical (unpaired) electrons. The largest absolute Gasteiger partial charge is 0.313 e. The molecule has 112 valence electrons. The number of rotatable bonds is 6. The molecule has 0 spiro atoms. The van der Waals surface area contributed by atoms with Gasteiger partial charge in [-0.1, -0.05) is 30.7 Å². The van der Waals surface area contributed by atoms with E-state index in [2.05, 4.69) is 15.0 Å². The summed E-state index contributed by atoms with van der Waals surface area (Å²) >= 11 is 5.90. The average Bonchev–Trinajstić information content (AvgIpc) is 2.48. The zero-order valence-electron chi connectivity index (χ0n) is 11.5. The number of sulfonamides is 1. The fraction of sp³-hybridized carbons (Fsp3) is 0.214. The fourth-order valence-corrected chi connectivity index (χ4v) is 2.96. The summed E-state index contributed by atoms with van der Waals surface area (Å²) in [6.07, 6.45) is 1.48. The minimum absolute atomic E-state index is 0.121. The molecule has 0 amide bonds. The molecule has 0 unspecified atom stereocenters. The number of halogens is 1. The molecule has 0 fully saturated rings. The second-order valence-corrected chi connectivity index (χ2v) is 6.45. The maximum absolute atomic E-state index is 12.3. The van der Waals surface area contributed by atoms with Gasteiger partial charge < -0.3 is 5.32 Å². The van der Waals surface area contributed by atoms with Crippen LogP contribution in [0.3, 0.4) is 0 Å². The minimum Gasteiger partial charge on any atom is -0.313 e. The molecule has 0 atom stereocenters. The molecule has 2 N–H and O–H groups in total. The van der Waals surface area contributed by atoms with Crippen molar-refractivity contribution in [3.05, 3.63) is 53.2 Å². The van der Waals surface area contributed by atoms with Crippen molar-refractivity contribution in [3.63, 3.8) is 0 Å². The summed E-state index contributed by atoms with van der Waals surface area (Å²) in [6.45, 7) is 3.58. The van der Waals surface area contributed by atoms with E-state index in [1.165, 1.54) is 6.20 Å². The first-order valence-electron chi connectivity index (χ1n) is 6.46. The number of nitrogens with zero attached hydrogens (tertiary/aromatic N) is 1. The molecule has 1 heterocycles. The Morgan fingerprint density at radius 3 is 2.52 bits per heavy atom. The number of hydrogen-bond acceptors (Lipinski definition) is 4. The van der Waals surface area contributed by atoms with Crippen molar-refractivity contribution in [2.75, 3.05) is 11.3 Å². The summed E-state index contributed by atoms with van der Waals surface area (Å²) in [5.74, 6) is 0.121. The van der Waals surface area contributed by atoms with Gasteiger partial charge in [0.25, 0.3) is 10.0 Å². The molecule has 0 saturated carbocycles. The topological polar surface area (TPSA) is 71.1 Å². The molecule has 2 rings (SSSR count). The van der Waals surface area contributed by atoms with Gasteiger partial charge in [0.2, 0.25) is 0 Å². The molecular formula is C14H16ClN3O2S. The van der Waals surface area contributed by atoms with Crippen molar-refractivity contribution in [3.8, 4) is 0 Å². The molecule has 21 heavy (non-hydrogen) atoms. The van der Waals surface area contributed by atoms with E-state index in [9.17, 15) is 8.42 Å². The summed E-state index contributed by atoms with van der Waals surface area (Å²) in [4.78, 5) is 4.09. The third kappa shape index (κ3) is 4.17. The highest BCUT2D eigenvalue weighted by Crippen LogP contribution is 2.21. The Hall–Kier alpha value is -1.63. The Kier molecular flexibility index (Phi) is 5.17. The molecule has 0 aliphatic heterocycles. The van der Waals surface area contributed by atoms with E-state index in [1.54, 1.807) is 36.4 Å². The maximum atomic E-state index is 12.3. The van der Waals surface area contributed by atoms with E-state index >= 15 is 0 Å². The van der Waals surface area contributed by atoms with E-state index < -0.39 is 10.0 Å². The van der Waals surface area contributed by atoms with Gasteiger partial charge in [0.05, 0.1) is 9.92 Å². The average molecular weight is 326 g/mol. The van der Waals surface area contributed by atoms with Crippen LogP contribution >= 0.6 is 11.6 Å². The van der Waals surface area contributed by atoms with Crippen LogP contribution in [-0.2, 0) is 16.6 Å². The highest BCUT2D eigenvalue weighted by Gasteiger charge is 2.16. The molecule has 0 aliphatic rings. The first-order valence-corrected chi connectivity index (χ1v) is 8.32. The number of benzene rings is 1. The molecule has 7 heteroatoms. The lowest BCUT2D eigenvalue weighted by Gasteiger charge is -2.09. The molecule has 0 bridgehead atoms. The minimum atomic E-state index is -3.69. The molecular weight excluding hydrogens is 310 g/mol. The quantitative estimate of drug-likeness (QED) is 0.856. The van der Waals surface area contributed by atoms with Gasteiger partial charge in [0, 0.05) is 12.7 Å². The summed E-state index contributed by atoms with van der Waals surface area (Å²) in [6, 6.07) is 9.88. The van der Waals surface area contributed by atoms with Crippen LogP contribution in [0.4, 0.5) is 5.82 Å². The zero-order valence-corrected chi connectivity index (χ0v) is 13.1. The Bertz CT molecular complexity index is 702. The smallest absolute Gasteiger partial charge is 0.263 e. The molecule has 1 aromatic carbocycles. The lowest BCUT2D eigenvalue weighted by molar-refractivity contribution is 0.601. The molecule has 0 aliphatic carbocycles. The maximum Gasteiger partial charge on any atom is 0.263 e. The Morgan fingerprint density at radius 2 is 1.90 bits per heavy atom. The van der Waals surface area contributed by atoms with E-state index in [0.717, 1.165) is 12.1 Å². The van der Waals surface area contributed by atoms with Gasteiger partial charge in [-0.05, 0) is 36.4 Å². The van der Waals surface area contributed by atoms with Crippen LogP contribution in [0.2, 0.25) is 5.02 Å². The third-order valence-electron chi connectivity index (χ3n) is 2.80. The predicted octanol–water partition coefficient (Wildman–Crippen LogP) is 2.65. The van der Waals surface area contributed by atoms with Gasteiger partial charge in [0.1, 0.15) is 0 Å². The van der Waals surface area contributed by atoms with Crippen molar-refractivity contribution < 1.29 is 8.42 Å². The van der Waals surface area contributed by atoms with Gasteiger partial charge in [-0.15, -0.1) is 0 Å². The van der Waals surface area contributed by atoms with Gasteiger partial charge in [0.15, 0.2) is 5.82 Å². The summed E-state index contributed by atoms with van der Waals surface area (Å²) < 4.78 is 26.9. The van der Waals surface area contributed by atoms with Crippen LogP contribution in [0, 0.1) is 0 Å². The normalized spacial score (nSPS) is 11.3. The van der Waals surface area contributed by atoms with Crippen LogP contribution in [0.25, 0.3) is 0 Å². The van der Waals surface area contributed by atoms with Crippen molar-refractivity contribution in [1.82, 2.24) is 10.3 Å². The first-order chi connectivity index (χ1) is 10.0. The van der Waals surface area contributed by atoms with Crippen LogP contribution < -0.4 is 10.0 Å². The molecule has 5 nitrogen and oxygen atoms in total. The second kappa shape index (κ2) is 6.89. The Morgan fingerprint density at radius 1 is 1.19 bits per heavy atom. The van der Waals surface area contributed by atoms with Crippen molar-refractivity contribution in [2.45, 2.75) is 18.4 Å². The van der Waals surface area contributed by atoms with Gasteiger partial charge in [-0.2, -0.15) is 0 Å². The summed E-state index contributed by atoms with van der Waals surface area (Å²) in [5.41, 5.74) is 1.02. The number of aromatic nitrogens is 1. The zero-order chi connectivity index (χ0) is 15.3. The number of nitrogens with one attached hydrogen (secondary N) is 2. The van der Waals surface area contributed by atoms with Crippen molar-refractivity contribution >= 4 is 27.4 Å². The standard InChI is InChI=1S/C14H16ClN3O2S/c1-2-16-10-11-5-7-12(8-6-11)21(19,20)18-14-13(15)4-3-9-17-14/h3-9,16H,2,10H2,1H3,(H,17,18). The van der Waals surface area contributed by atoms with Crippen LogP contribution in [0.5, 0.6) is 0 Å². The summed E-state index contributed by atoms with van der Waals surface area (Å²) in [7, 11) is -3.69. The molecule has 1 aromatic heterocycles. The second-order valence-electron chi connectivity index (χ2n) is 4.36. The molecule has 0 saturated heterocycles. The van der Waals surface area contributed by atoms with Crippen molar-refractivity contribution in [1.29, 1.82) is 0 Å². The highest BCUT2D eigenvalue weighted by molar-refractivity contribution is 7.92. The monoisotopic (exact) mass is 325 g/mol. The lowest BCUT2D eigenvalue weighted by Crippen LogP contribution is -2.15. The van der Waals surface area contributed by atoms with E-state index in [4.69, 9.17) is 11.6 Å². The summed E-state index contributed by atoms with van der Waals surface area (Å²) in [5, 5.41) is 3.43. The number of pyridine rings is 1. The van der Waals surface area contributed by atoms with E-state index in [1.807, 2.05) is 6.92 Å². The Labute approximate surface area is 129 Å². The highest BCUT2D eigenvalue weighted by atomic mass is 35.5. The van der Waals surface area contributed by atoms with Crippen molar-refractivity contribution in [2.24, 2.45) is 0 Å².